The highest BCUT2D eigenvalue weighted by Gasteiger charge is 2.31. The number of benzene rings is 1. The topological polar surface area (TPSA) is 85.2 Å². The van der Waals surface area contributed by atoms with Crippen LogP contribution in [0.5, 0.6) is 0 Å². The fourth-order valence-electron chi connectivity index (χ4n) is 3.52. The number of nitrogens with zero attached hydrogens (tertiary/aromatic N) is 2. The lowest BCUT2D eigenvalue weighted by Gasteiger charge is -2.26. The molecule has 0 aliphatic carbocycles. The van der Waals surface area contributed by atoms with Crippen molar-refractivity contribution in [3.05, 3.63) is 52.3 Å². The maximum absolute atomic E-state index is 12.8. The van der Waals surface area contributed by atoms with Crippen LogP contribution in [0.2, 0.25) is 0 Å². The fourth-order valence-corrected chi connectivity index (χ4v) is 3.52. The molecular formula is C20H26N4O3. The molecule has 2 N–H and O–H groups in total. The van der Waals surface area contributed by atoms with Gasteiger partial charge in [0.25, 0.3) is 11.8 Å². The van der Waals surface area contributed by atoms with Crippen molar-refractivity contribution in [3.8, 4) is 0 Å². The van der Waals surface area contributed by atoms with Gasteiger partial charge in [-0.3, -0.25) is 14.3 Å². The van der Waals surface area contributed by atoms with Crippen LogP contribution in [0.25, 0.3) is 0 Å². The van der Waals surface area contributed by atoms with Crippen molar-refractivity contribution in [3.63, 3.8) is 0 Å². The first kappa shape index (κ1) is 19.1. The van der Waals surface area contributed by atoms with E-state index in [-0.39, 0.29) is 24.0 Å². The average molecular weight is 370 g/mol. The van der Waals surface area contributed by atoms with Gasteiger partial charge in [-0.2, -0.15) is 5.10 Å². The lowest BCUT2D eigenvalue weighted by atomic mass is 9.99. The number of aromatic nitrogens is 2. The van der Waals surface area contributed by atoms with E-state index in [0.29, 0.717) is 30.8 Å². The molecule has 3 rings (SSSR count). The number of hydrogen-bond donors (Lipinski definition) is 2. The van der Waals surface area contributed by atoms with Crippen molar-refractivity contribution in [2.45, 2.75) is 52.5 Å². The van der Waals surface area contributed by atoms with Gasteiger partial charge in [0.15, 0.2) is 5.69 Å². The Labute approximate surface area is 159 Å². The predicted octanol–water partition coefficient (Wildman–Crippen LogP) is 2.21. The molecule has 2 heterocycles. The lowest BCUT2D eigenvalue weighted by Crippen LogP contribution is -2.27. The number of hydrogen-bond acceptors (Lipinski definition) is 4. The molecule has 0 fully saturated rings. The van der Waals surface area contributed by atoms with Crippen molar-refractivity contribution >= 4 is 11.8 Å². The molecule has 1 aliphatic rings. The summed E-state index contributed by atoms with van der Waals surface area (Å²) in [5.41, 5.74) is 3.97. The maximum Gasteiger partial charge on any atom is 0.272 e. The zero-order chi connectivity index (χ0) is 19.6. The highest BCUT2D eigenvalue weighted by Crippen LogP contribution is 2.32. The van der Waals surface area contributed by atoms with E-state index in [9.17, 15) is 9.59 Å². The zero-order valence-electron chi connectivity index (χ0n) is 16.2. The minimum atomic E-state index is -0.185. The number of amides is 2. The van der Waals surface area contributed by atoms with Gasteiger partial charge in [0.2, 0.25) is 0 Å². The fraction of sp³-hybridized carbons (Fsp3) is 0.450. The molecule has 0 radical (unpaired) electrons. The molecule has 1 aromatic carbocycles. The normalized spacial score (nSPS) is 18.7. The van der Waals surface area contributed by atoms with Crippen LogP contribution in [0.1, 0.15) is 64.5 Å². The van der Waals surface area contributed by atoms with Crippen molar-refractivity contribution in [2.75, 3.05) is 7.05 Å². The monoisotopic (exact) mass is 370 g/mol. The zero-order valence-corrected chi connectivity index (χ0v) is 16.2. The summed E-state index contributed by atoms with van der Waals surface area (Å²) in [5.74, 6) is -0.317. The minimum absolute atomic E-state index is 0.0609. The van der Waals surface area contributed by atoms with Gasteiger partial charge >= 0.3 is 0 Å². The van der Waals surface area contributed by atoms with E-state index in [1.54, 1.807) is 19.2 Å². The van der Waals surface area contributed by atoms with Gasteiger partial charge in [0, 0.05) is 37.7 Å². The van der Waals surface area contributed by atoms with E-state index in [1.165, 1.54) is 0 Å². The third-order valence-electron chi connectivity index (χ3n) is 4.82. The Morgan fingerprint density at radius 1 is 1.22 bits per heavy atom. The molecular weight excluding hydrogens is 344 g/mol. The van der Waals surface area contributed by atoms with Gasteiger partial charge in [-0.15, -0.1) is 0 Å². The molecule has 27 heavy (non-hydrogen) atoms. The van der Waals surface area contributed by atoms with E-state index in [4.69, 9.17) is 4.74 Å². The van der Waals surface area contributed by atoms with Gasteiger partial charge in [0.05, 0.1) is 17.9 Å². The van der Waals surface area contributed by atoms with E-state index in [2.05, 4.69) is 15.7 Å². The van der Waals surface area contributed by atoms with E-state index < -0.39 is 0 Å². The van der Waals surface area contributed by atoms with Crippen molar-refractivity contribution in [1.29, 1.82) is 0 Å². The molecule has 2 aromatic rings. The van der Waals surface area contributed by atoms with Crippen LogP contribution in [0.15, 0.2) is 24.3 Å². The minimum Gasteiger partial charge on any atom is -0.369 e. The standard InChI is InChI=1S/C20H26N4O3/c1-5-24-18-13(3)27-12(2)10-16(18)17(23-24)20(26)22-11-14-6-8-15(9-7-14)19(25)21-4/h6-9,12-13H,5,10-11H2,1-4H3,(H,21,25)(H,22,26)/t12-,13+/m1/s1. The summed E-state index contributed by atoms with van der Waals surface area (Å²) in [6.07, 6.45) is 0.671. The molecule has 1 aliphatic heterocycles. The Balaban J connectivity index is 1.74. The molecule has 7 nitrogen and oxygen atoms in total. The van der Waals surface area contributed by atoms with E-state index in [0.717, 1.165) is 16.8 Å². The Kier molecular flexibility index (Phi) is 5.60. The summed E-state index contributed by atoms with van der Waals surface area (Å²) in [6.45, 7) is 7.09. The molecule has 0 unspecified atom stereocenters. The van der Waals surface area contributed by atoms with Gasteiger partial charge in [-0.1, -0.05) is 12.1 Å². The molecule has 2 amide bonds. The summed E-state index contributed by atoms with van der Waals surface area (Å²) in [7, 11) is 1.60. The van der Waals surface area contributed by atoms with Gasteiger partial charge in [0.1, 0.15) is 0 Å². The SMILES string of the molecule is CCn1nc(C(=O)NCc2ccc(C(=O)NC)cc2)c2c1[C@H](C)O[C@H](C)C2. The highest BCUT2D eigenvalue weighted by atomic mass is 16.5. The molecule has 0 spiro atoms. The summed E-state index contributed by atoms with van der Waals surface area (Å²) in [5, 5.41) is 10.1. The number of aryl methyl sites for hydroxylation is 1. The number of ether oxygens (including phenoxy) is 1. The largest absolute Gasteiger partial charge is 0.369 e. The molecule has 0 saturated heterocycles. The van der Waals surface area contributed by atoms with Crippen LogP contribution < -0.4 is 10.6 Å². The van der Waals surface area contributed by atoms with Crippen molar-refractivity contribution in [2.24, 2.45) is 0 Å². The molecule has 144 valence electrons. The number of nitrogens with one attached hydrogen (secondary N) is 2. The quantitative estimate of drug-likeness (QED) is 0.845. The van der Waals surface area contributed by atoms with Gasteiger partial charge in [-0.25, -0.2) is 0 Å². The molecule has 2 atom stereocenters. The molecule has 1 aromatic heterocycles. The van der Waals surface area contributed by atoms with Crippen LogP contribution in [-0.4, -0.2) is 34.7 Å². The summed E-state index contributed by atoms with van der Waals surface area (Å²) >= 11 is 0. The molecule has 0 saturated carbocycles. The molecule has 7 heteroatoms. The smallest absolute Gasteiger partial charge is 0.272 e. The Hall–Kier alpha value is -2.67. The van der Waals surface area contributed by atoms with Gasteiger partial charge < -0.3 is 15.4 Å². The third-order valence-corrected chi connectivity index (χ3v) is 4.82. The Bertz CT molecular complexity index is 842. The third kappa shape index (κ3) is 3.88. The van der Waals surface area contributed by atoms with Crippen molar-refractivity contribution < 1.29 is 14.3 Å². The summed E-state index contributed by atoms with van der Waals surface area (Å²) in [6, 6.07) is 7.16. The Morgan fingerprint density at radius 2 is 1.93 bits per heavy atom. The van der Waals surface area contributed by atoms with Crippen LogP contribution in [0.3, 0.4) is 0 Å². The first-order chi connectivity index (χ1) is 12.9. The van der Waals surface area contributed by atoms with Crippen molar-refractivity contribution in [1.82, 2.24) is 20.4 Å². The van der Waals surface area contributed by atoms with Crippen LogP contribution in [0, 0.1) is 0 Å². The van der Waals surface area contributed by atoms with Crippen LogP contribution >= 0.6 is 0 Å². The van der Waals surface area contributed by atoms with E-state index in [1.807, 2.05) is 37.6 Å². The molecule has 0 bridgehead atoms. The first-order valence-corrected chi connectivity index (χ1v) is 9.28. The second-order valence-electron chi connectivity index (χ2n) is 6.78. The summed E-state index contributed by atoms with van der Waals surface area (Å²) < 4.78 is 7.75. The lowest BCUT2D eigenvalue weighted by molar-refractivity contribution is -0.00948. The first-order valence-electron chi connectivity index (χ1n) is 9.28. The van der Waals surface area contributed by atoms with Crippen LogP contribution in [0.4, 0.5) is 0 Å². The second kappa shape index (κ2) is 7.92. The van der Waals surface area contributed by atoms with Crippen LogP contribution in [-0.2, 0) is 24.2 Å². The summed E-state index contributed by atoms with van der Waals surface area (Å²) in [4.78, 5) is 24.4. The highest BCUT2D eigenvalue weighted by molar-refractivity contribution is 5.94. The maximum atomic E-state index is 12.8. The van der Waals surface area contributed by atoms with Gasteiger partial charge in [-0.05, 0) is 38.5 Å². The number of fused-ring (bicyclic) bond motifs is 1. The van der Waals surface area contributed by atoms with E-state index >= 15 is 0 Å². The number of carbonyl (C=O) groups excluding carboxylic acids is 2. The number of rotatable bonds is 5. The predicted molar refractivity (Wildman–Crippen MR) is 102 cm³/mol. The number of carbonyl (C=O) groups is 2. The second-order valence-corrected chi connectivity index (χ2v) is 6.78. The average Bonchev–Trinajstić information content (AvgIpc) is 3.04. The Morgan fingerprint density at radius 3 is 2.56 bits per heavy atom.